The zero-order valence-electron chi connectivity index (χ0n) is 9.40. The molecule has 0 atom stereocenters. The van der Waals surface area contributed by atoms with Crippen molar-refractivity contribution in [3.63, 3.8) is 0 Å². The average molecular weight is 269 g/mol. The lowest BCUT2D eigenvalue weighted by molar-refractivity contribution is -0.383. The van der Waals surface area contributed by atoms with Gasteiger partial charge in [-0.25, -0.2) is 0 Å². The largest absolute Gasteiger partial charge is 0.468 e. The van der Waals surface area contributed by atoms with E-state index < -0.39 is 10.9 Å². The zero-order valence-corrected chi connectivity index (χ0v) is 10.2. The summed E-state index contributed by atoms with van der Waals surface area (Å²) in [6.45, 7) is 0. The molecule has 0 spiro atoms. The molecular weight excluding hydrogens is 260 g/mol. The topological polar surface area (TPSA) is 95.5 Å². The minimum absolute atomic E-state index is 0.0384. The number of rotatable bonds is 2. The number of nitro groups is 1. The number of halogens is 1. The standard InChI is InChI=1S/C11H9ClN2O4/c1-18-11(15)4-2-3-7-5-10(14(16)17)9(13)6-8(7)12/h5-6H,4,13H2,1H3. The van der Waals surface area contributed by atoms with E-state index in [4.69, 9.17) is 17.3 Å². The minimum Gasteiger partial charge on any atom is -0.468 e. The molecule has 0 aliphatic heterocycles. The number of methoxy groups -OCH3 is 1. The second-order valence-corrected chi connectivity index (χ2v) is 3.61. The molecule has 0 fully saturated rings. The van der Waals surface area contributed by atoms with Crippen molar-refractivity contribution in [1.29, 1.82) is 0 Å². The number of benzene rings is 1. The molecule has 0 aliphatic rings. The van der Waals surface area contributed by atoms with Crippen molar-refractivity contribution < 1.29 is 14.5 Å². The molecule has 6 nitrogen and oxygen atoms in total. The van der Waals surface area contributed by atoms with Crippen LogP contribution in [0.25, 0.3) is 0 Å². The molecule has 0 saturated carbocycles. The molecule has 1 rings (SSSR count). The molecular formula is C11H9ClN2O4. The third-order valence-corrected chi connectivity index (χ3v) is 2.31. The van der Waals surface area contributed by atoms with Crippen molar-refractivity contribution in [3.05, 3.63) is 32.8 Å². The van der Waals surface area contributed by atoms with Crippen LogP contribution in [0.2, 0.25) is 5.02 Å². The third-order valence-electron chi connectivity index (χ3n) is 2.00. The molecule has 1 aromatic rings. The van der Waals surface area contributed by atoms with Gasteiger partial charge in [-0.3, -0.25) is 14.9 Å². The van der Waals surface area contributed by atoms with E-state index in [2.05, 4.69) is 16.6 Å². The summed E-state index contributed by atoms with van der Waals surface area (Å²) in [5.41, 5.74) is 5.36. The van der Waals surface area contributed by atoms with Gasteiger partial charge in [-0.2, -0.15) is 0 Å². The maximum atomic E-state index is 10.8. The van der Waals surface area contributed by atoms with Crippen molar-refractivity contribution in [1.82, 2.24) is 0 Å². The van der Waals surface area contributed by atoms with Crippen molar-refractivity contribution in [3.8, 4) is 11.8 Å². The fourth-order valence-corrected chi connectivity index (χ4v) is 1.33. The predicted octanol–water partition coefficient (Wildman–Crippen LogP) is 1.74. The lowest BCUT2D eigenvalue weighted by atomic mass is 10.1. The van der Waals surface area contributed by atoms with Gasteiger partial charge in [0.15, 0.2) is 0 Å². The number of hydrogen-bond donors (Lipinski definition) is 1. The number of nitrogens with zero attached hydrogens (tertiary/aromatic N) is 1. The number of carbonyl (C=O) groups is 1. The molecule has 1 aromatic carbocycles. The highest BCUT2D eigenvalue weighted by Crippen LogP contribution is 2.28. The monoisotopic (exact) mass is 268 g/mol. The molecule has 94 valence electrons. The lowest BCUT2D eigenvalue weighted by Crippen LogP contribution is -1.98. The van der Waals surface area contributed by atoms with Crippen LogP contribution in [0.3, 0.4) is 0 Å². The van der Waals surface area contributed by atoms with Gasteiger partial charge in [0.1, 0.15) is 12.1 Å². The Bertz CT molecular complexity index is 560. The maximum Gasteiger partial charge on any atom is 0.317 e. The molecule has 7 heteroatoms. The Hall–Kier alpha value is -2.26. The average Bonchev–Trinajstić information content (AvgIpc) is 2.31. The van der Waals surface area contributed by atoms with E-state index in [1.165, 1.54) is 19.2 Å². The number of nitro benzene ring substituents is 1. The number of nitrogens with two attached hydrogens (primary N) is 1. The molecule has 0 bridgehead atoms. The fourth-order valence-electron chi connectivity index (χ4n) is 1.11. The summed E-state index contributed by atoms with van der Waals surface area (Å²) in [5, 5.41) is 10.9. The van der Waals surface area contributed by atoms with Gasteiger partial charge in [0, 0.05) is 6.07 Å². The second-order valence-electron chi connectivity index (χ2n) is 3.20. The highest BCUT2D eigenvalue weighted by atomic mass is 35.5. The summed E-state index contributed by atoms with van der Waals surface area (Å²) < 4.78 is 4.40. The summed E-state index contributed by atoms with van der Waals surface area (Å²) >= 11 is 5.83. The van der Waals surface area contributed by atoms with Gasteiger partial charge in [-0.1, -0.05) is 23.4 Å². The van der Waals surface area contributed by atoms with Gasteiger partial charge in [-0.15, -0.1) is 0 Å². The van der Waals surface area contributed by atoms with Crippen LogP contribution < -0.4 is 5.73 Å². The van der Waals surface area contributed by atoms with E-state index in [-0.39, 0.29) is 28.4 Å². The fraction of sp³-hybridized carbons (Fsp3) is 0.182. The predicted molar refractivity (Wildman–Crippen MR) is 66.0 cm³/mol. The van der Waals surface area contributed by atoms with Gasteiger partial charge < -0.3 is 10.5 Å². The van der Waals surface area contributed by atoms with E-state index in [0.29, 0.717) is 0 Å². The van der Waals surface area contributed by atoms with E-state index in [1.54, 1.807) is 0 Å². The number of hydrogen-bond acceptors (Lipinski definition) is 5. The van der Waals surface area contributed by atoms with E-state index in [9.17, 15) is 14.9 Å². The van der Waals surface area contributed by atoms with Gasteiger partial charge >= 0.3 is 5.97 Å². The summed E-state index contributed by atoms with van der Waals surface area (Å²) in [4.78, 5) is 20.9. The Morgan fingerprint density at radius 2 is 2.28 bits per heavy atom. The molecule has 0 heterocycles. The van der Waals surface area contributed by atoms with E-state index in [1.807, 2.05) is 0 Å². The van der Waals surface area contributed by atoms with Crippen LogP contribution in [0.5, 0.6) is 0 Å². The van der Waals surface area contributed by atoms with Gasteiger partial charge in [0.2, 0.25) is 0 Å². The van der Waals surface area contributed by atoms with E-state index in [0.717, 1.165) is 0 Å². The van der Waals surface area contributed by atoms with Crippen molar-refractivity contribution in [2.24, 2.45) is 0 Å². The Balaban J connectivity index is 3.06. The molecule has 0 radical (unpaired) electrons. The Morgan fingerprint density at radius 3 is 2.83 bits per heavy atom. The molecule has 0 aromatic heterocycles. The summed E-state index contributed by atoms with van der Waals surface area (Å²) in [7, 11) is 1.24. The first-order valence-electron chi connectivity index (χ1n) is 4.74. The molecule has 0 aliphatic carbocycles. The molecule has 0 unspecified atom stereocenters. The first kappa shape index (κ1) is 13.8. The van der Waals surface area contributed by atoms with Crippen molar-refractivity contribution in [2.75, 3.05) is 12.8 Å². The first-order valence-corrected chi connectivity index (χ1v) is 5.12. The van der Waals surface area contributed by atoms with Crippen molar-refractivity contribution >= 4 is 28.9 Å². The van der Waals surface area contributed by atoms with Gasteiger partial charge in [0.05, 0.1) is 22.6 Å². The van der Waals surface area contributed by atoms with Gasteiger partial charge in [-0.05, 0) is 6.07 Å². The minimum atomic E-state index is -0.628. The second kappa shape index (κ2) is 5.89. The Labute approximate surface area is 108 Å². The lowest BCUT2D eigenvalue weighted by Gasteiger charge is -2.00. The van der Waals surface area contributed by atoms with Crippen LogP contribution in [0.1, 0.15) is 12.0 Å². The van der Waals surface area contributed by atoms with E-state index >= 15 is 0 Å². The van der Waals surface area contributed by atoms with Crippen LogP contribution in [-0.2, 0) is 9.53 Å². The highest BCUT2D eigenvalue weighted by Gasteiger charge is 2.14. The number of nitrogen functional groups attached to an aromatic ring is 1. The number of carbonyl (C=O) groups excluding carboxylic acids is 1. The highest BCUT2D eigenvalue weighted by molar-refractivity contribution is 6.32. The molecule has 0 amide bonds. The maximum absolute atomic E-state index is 10.8. The smallest absolute Gasteiger partial charge is 0.317 e. The number of anilines is 1. The van der Waals surface area contributed by atoms with Crippen LogP contribution in [0.4, 0.5) is 11.4 Å². The Morgan fingerprint density at radius 1 is 1.61 bits per heavy atom. The van der Waals surface area contributed by atoms with Crippen LogP contribution in [0, 0.1) is 22.0 Å². The molecule has 2 N–H and O–H groups in total. The summed E-state index contributed by atoms with van der Waals surface area (Å²) in [5.74, 6) is 4.57. The SMILES string of the molecule is COC(=O)CC#Cc1cc([N+](=O)[O-])c(N)cc1Cl. The van der Waals surface area contributed by atoms with Crippen LogP contribution >= 0.6 is 11.6 Å². The number of ether oxygens (including phenoxy) is 1. The van der Waals surface area contributed by atoms with Crippen LogP contribution in [0.15, 0.2) is 12.1 Å². The van der Waals surface area contributed by atoms with Crippen molar-refractivity contribution in [2.45, 2.75) is 6.42 Å². The normalized spacial score (nSPS) is 9.22. The zero-order chi connectivity index (χ0) is 13.7. The Kier molecular flexibility index (Phi) is 4.52. The third kappa shape index (κ3) is 3.37. The number of esters is 1. The van der Waals surface area contributed by atoms with Gasteiger partial charge in [0.25, 0.3) is 5.69 Å². The summed E-state index contributed by atoms with van der Waals surface area (Å²) in [6.07, 6.45) is -0.120. The quantitative estimate of drug-likeness (QED) is 0.290. The molecule has 0 saturated heterocycles. The van der Waals surface area contributed by atoms with Crippen LogP contribution in [-0.4, -0.2) is 18.0 Å². The first-order chi connectivity index (χ1) is 8.45. The summed E-state index contributed by atoms with van der Waals surface area (Å²) in [6, 6.07) is 2.42. The molecule has 18 heavy (non-hydrogen) atoms.